The molecule has 1 amide bonds. The summed E-state index contributed by atoms with van der Waals surface area (Å²) in [5.41, 5.74) is 2.56. The maximum absolute atomic E-state index is 12.6. The van der Waals surface area contributed by atoms with Gasteiger partial charge in [0, 0.05) is 44.4 Å². The predicted molar refractivity (Wildman–Crippen MR) is 100 cm³/mol. The minimum Gasteiger partial charge on any atom is -0.336 e. The Morgan fingerprint density at radius 1 is 1.15 bits per heavy atom. The van der Waals surface area contributed by atoms with E-state index in [1.54, 1.807) is 4.90 Å². The summed E-state index contributed by atoms with van der Waals surface area (Å²) in [6, 6.07) is 12.6. The number of benzene rings is 2. The second kappa shape index (κ2) is 7.85. The van der Waals surface area contributed by atoms with Gasteiger partial charge in [0.2, 0.25) is 0 Å². The normalized spacial score (nSPS) is 15.1. The minimum atomic E-state index is -0.571. The van der Waals surface area contributed by atoms with Crippen LogP contribution in [0, 0.1) is 17.0 Å². The highest BCUT2D eigenvalue weighted by molar-refractivity contribution is 6.32. The SMILES string of the molecule is Cc1cccc(CN2CCN(C(=O)c3ccc(Cl)c([N+](=O)[O-])c3)CC2)c1. The van der Waals surface area contributed by atoms with Gasteiger partial charge < -0.3 is 4.90 Å². The van der Waals surface area contributed by atoms with Gasteiger partial charge in [-0.2, -0.15) is 0 Å². The van der Waals surface area contributed by atoms with Gasteiger partial charge in [-0.3, -0.25) is 19.8 Å². The van der Waals surface area contributed by atoms with E-state index in [0.29, 0.717) is 18.7 Å². The highest BCUT2D eigenvalue weighted by Gasteiger charge is 2.24. The number of nitro groups is 1. The third-order valence-electron chi connectivity index (χ3n) is 4.54. The van der Waals surface area contributed by atoms with Crippen LogP contribution < -0.4 is 0 Å². The lowest BCUT2D eigenvalue weighted by atomic mass is 10.1. The Bertz CT molecular complexity index is 833. The standard InChI is InChI=1S/C19H20ClN3O3/c1-14-3-2-4-15(11-14)13-21-7-9-22(10-8-21)19(24)16-5-6-17(20)18(12-16)23(25)26/h2-6,11-12H,7-10,13H2,1H3. The lowest BCUT2D eigenvalue weighted by Crippen LogP contribution is -2.48. The van der Waals surface area contributed by atoms with Gasteiger partial charge in [0.15, 0.2) is 0 Å². The Kier molecular flexibility index (Phi) is 5.54. The summed E-state index contributed by atoms with van der Waals surface area (Å²) in [5, 5.41) is 11.0. The number of rotatable bonds is 4. The number of nitrogens with zero attached hydrogens (tertiary/aromatic N) is 3. The zero-order valence-electron chi connectivity index (χ0n) is 14.5. The highest BCUT2D eigenvalue weighted by Crippen LogP contribution is 2.26. The van der Waals surface area contributed by atoms with E-state index in [1.165, 1.54) is 29.3 Å². The average molecular weight is 374 g/mol. The van der Waals surface area contributed by atoms with Gasteiger partial charge in [-0.1, -0.05) is 41.4 Å². The topological polar surface area (TPSA) is 66.7 Å². The van der Waals surface area contributed by atoms with Crippen molar-refractivity contribution >= 4 is 23.2 Å². The quantitative estimate of drug-likeness (QED) is 0.607. The summed E-state index contributed by atoms with van der Waals surface area (Å²) in [6.45, 7) is 5.68. The summed E-state index contributed by atoms with van der Waals surface area (Å²) in [7, 11) is 0. The van der Waals surface area contributed by atoms with Crippen molar-refractivity contribution in [3.63, 3.8) is 0 Å². The van der Waals surface area contributed by atoms with Crippen LogP contribution >= 0.6 is 11.6 Å². The van der Waals surface area contributed by atoms with Crippen molar-refractivity contribution in [1.82, 2.24) is 9.80 Å². The van der Waals surface area contributed by atoms with Crippen LogP contribution in [0.2, 0.25) is 5.02 Å². The zero-order chi connectivity index (χ0) is 18.7. The Morgan fingerprint density at radius 2 is 1.88 bits per heavy atom. The van der Waals surface area contributed by atoms with E-state index < -0.39 is 4.92 Å². The Hall–Kier alpha value is -2.44. The van der Waals surface area contributed by atoms with Gasteiger partial charge in [0.05, 0.1) is 4.92 Å². The number of halogens is 1. The third-order valence-corrected chi connectivity index (χ3v) is 4.86. The van der Waals surface area contributed by atoms with E-state index in [-0.39, 0.29) is 16.6 Å². The molecule has 3 rings (SSSR count). The van der Waals surface area contributed by atoms with Gasteiger partial charge >= 0.3 is 0 Å². The van der Waals surface area contributed by atoms with Crippen LogP contribution in [0.4, 0.5) is 5.69 Å². The van der Waals surface area contributed by atoms with Gasteiger partial charge in [-0.15, -0.1) is 0 Å². The average Bonchev–Trinajstić information content (AvgIpc) is 2.62. The number of carbonyl (C=O) groups excluding carboxylic acids is 1. The summed E-state index contributed by atoms with van der Waals surface area (Å²) in [4.78, 5) is 27.1. The van der Waals surface area contributed by atoms with Crippen molar-refractivity contribution in [2.45, 2.75) is 13.5 Å². The van der Waals surface area contributed by atoms with Gasteiger partial charge in [-0.25, -0.2) is 0 Å². The van der Waals surface area contributed by atoms with E-state index in [2.05, 4.69) is 36.1 Å². The number of nitro benzene ring substituents is 1. The fourth-order valence-corrected chi connectivity index (χ4v) is 3.33. The molecule has 1 fully saturated rings. The molecule has 0 unspecified atom stereocenters. The third kappa shape index (κ3) is 4.20. The summed E-state index contributed by atoms with van der Waals surface area (Å²) >= 11 is 5.82. The van der Waals surface area contributed by atoms with Crippen molar-refractivity contribution < 1.29 is 9.72 Å². The monoisotopic (exact) mass is 373 g/mol. The molecular weight excluding hydrogens is 354 g/mol. The smallest absolute Gasteiger partial charge is 0.288 e. The molecule has 1 heterocycles. The molecule has 0 N–H and O–H groups in total. The van der Waals surface area contributed by atoms with Crippen molar-refractivity contribution in [2.24, 2.45) is 0 Å². The molecule has 7 heteroatoms. The summed E-state index contributed by atoms with van der Waals surface area (Å²) in [6.07, 6.45) is 0. The van der Waals surface area contributed by atoms with Crippen molar-refractivity contribution in [2.75, 3.05) is 26.2 Å². The van der Waals surface area contributed by atoms with Gasteiger partial charge in [0.25, 0.3) is 11.6 Å². The molecule has 0 spiro atoms. The molecule has 0 aromatic heterocycles. The van der Waals surface area contributed by atoms with E-state index >= 15 is 0 Å². The largest absolute Gasteiger partial charge is 0.336 e. The lowest BCUT2D eigenvalue weighted by Gasteiger charge is -2.34. The maximum Gasteiger partial charge on any atom is 0.288 e. The molecule has 26 heavy (non-hydrogen) atoms. The molecule has 0 bridgehead atoms. The Labute approximate surface area is 157 Å². The van der Waals surface area contributed by atoms with Crippen LogP contribution in [-0.4, -0.2) is 46.8 Å². The van der Waals surface area contributed by atoms with Crippen LogP contribution in [0.1, 0.15) is 21.5 Å². The number of hydrogen-bond acceptors (Lipinski definition) is 4. The first-order chi connectivity index (χ1) is 12.4. The van der Waals surface area contributed by atoms with E-state index in [9.17, 15) is 14.9 Å². The molecule has 0 saturated carbocycles. The van der Waals surface area contributed by atoms with Gasteiger partial charge in [0.1, 0.15) is 5.02 Å². The molecule has 6 nitrogen and oxygen atoms in total. The van der Waals surface area contributed by atoms with Crippen LogP contribution in [-0.2, 0) is 6.54 Å². The molecule has 1 aliphatic heterocycles. The fraction of sp³-hybridized carbons (Fsp3) is 0.316. The second-order valence-electron chi connectivity index (χ2n) is 6.48. The molecule has 2 aromatic carbocycles. The second-order valence-corrected chi connectivity index (χ2v) is 6.89. The maximum atomic E-state index is 12.6. The number of aryl methyl sites for hydroxylation is 1. The molecule has 0 radical (unpaired) electrons. The van der Waals surface area contributed by atoms with Crippen molar-refractivity contribution in [3.05, 3.63) is 74.3 Å². The van der Waals surface area contributed by atoms with Crippen LogP contribution in [0.5, 0.6) is 0 Å². The first-order valence-corrected chi connectivity index (χ1v) is 8.83. The van der Waals surface area contributed by atoms with Crippen LogP contribution in [0.3, 0.4) is 0 Å². The minimum absolute atomic E-state index is 0.0366. The molecule has 0 atom stereocenters. The van der Waals surface area contributed by atoms with Crippen LogP contribution in [0.25, 0.3) is 0 Å². The van der Waals surface area contributed by atoms with E-state index in [1.807, 2.05) is 0 Å². The predicted octanol–water partition coefficient (Wildman–Crippen LogP) is 3.51. The van der Waals surface area contributed by atoms with E-state index in [0.717, 1.165) is 19.6 Å². The Morgan fingerprint density at radius 3 is 2.54 bits per heavy atom. The molecule has 136 valence electrons. The van der Waals surface area contributed by atoms with Crippen molar-refractivity contribution in [3.8, 4) is 0 Å². The number of piperazine rings is 1. The molecule has 0 aliphatic carbocycles. The number of amides is 1. The fourth-order valence-electron chi connectivity index (χ4n) is 3.15. The molecule has 1 saturated heterocycles. The van der Waals surface area contributed by atoms with Crippen LogP contribution in [0.15, 0.2) is 42.5 Å². The van der Waals surface area contributed by atoms with Crippen molar-refractivity contribution in [1.29, 1.82) is 0 Å². The summed E-state index contributed by atoms with van der Waals surface area (Å²) in [5.74, 6) is -0.194. The molecule has 1 aliphatic rings. The zero-order valence-corrected chi connectivity index (χ0v) is 15.3. The summed E-state index contributed by atoms with van der Waals surface area (Å²) < 4.78 is 0. The first-order valence-electron chi connectivity index (χ1n) is 8.45. The number of hydrogen-bond donors (Lipinski definition) is 0. The molecule has 2 aromatic rings. The van der Waals surface area contributed by atoms with Gasteiger partial charge in [-0.05, 0) is 24.6 Å². The first kappa shape index (κ1) is 18.4. The van der Waals surface area contributed by atoms with E-state index in [4.69, 9.17) is 11.6 Å². The Balaban J connectivity index is 1.62. The lowest BCUT2D eigenvalue weighted by molar-refractivity contribution is -0.384. The number of carbonyl (C=O) groups is 1. The molecular formula is C19H20ClN3O3. The highest BCUT2D eigenvalue weighted by atomic mass is 35.5.